The summed E-state index contributed by atoms with van der Waals surface area (Å²) in [6.07, 6.45) is 16.3. The predicted octanol–water partition coefficient (Wildman–Crippen LogP) is 4.37. The lowest BCUT2D eigenvalue weighted by molar-refractivity contribution is -0.0955. The van der Waals surface area contributed by atoms with Gasteiger partial charge in [-0.3, -0.25) is 0 Å². The zero-order valence-corrected chi connectivity index (χ0v) is 16.0. The summed E-state index contributed by atoms with van der Waals surface area (Å²) in [5, 5.41) is 10.4. The van der Waals surface area contributed by atoms with Crippen molar-refractivity contribution in [3.63, 3.8) is 0 Å². The number of hydrogen-bond donors (Lipinski definition) is 1. The van der Waals surface area contributed by atoms with E-state index >= 15 is 0 Å². The number of aliphatic hydroxyl groups excluding tert-OH is 1. The first-order chi connectivity index (χ1) is 12.3. The van der Waals surface area contributed by atoms with Crippen molar-refractivity contribution in [1.82, 2.24) is 0 Å². The van der Waals surface area contributed by atoms with E-state index in [4.69, 9.17) is 14.2 Å². The summed E-state index contributed by atoms with van der Waals surface area (Å²) in [6, 6.07) is 0. The van der Waals surface area contributed by atoms with Gasteiger partial charge in [-0.05, 0) is 32.1 Å². The predicted molar refractivity (Wildman–Crippen MR) is 98.8 cm³/mol. The number of epoxide rings is 1. The van der Waals surface area contributed by atoms with E-state index in [1.54, 1.807) is 0 Å². The lowest BCUT2D eigenvalue weighted by Crippen LogP contribution is -2.31. The molecule has 0 amide bonds. The van der Waals surface area contributed by atoms with Crippen LogP contribution in [0.3, 0.4) is 0 Å². The van der Waals surface area contributed by atoms with Gasteiger partial charge < -0.3 is 19.3 Å². The lowest BCUT2D eigenvalue weighted by atomic mass is 10.0. The Labute approximate surface area is 153 Å². The first-order valence-electron chi connectivity index (χ1n) is 10.9. The number of aliphatic hydroxyl groups is 1. The molecule has 3 heterocycles. The molecule has 3 aliphatic heterocycles. The van der Waals surface area contributed by atoms with Crippen LogP contribution in [0.1, 0.15) is 90.4 Å². The van der Waals surface area contributed by atoms with Crippen LogP contribution in [0.15, 0.2) is 0 Å². The molecule has 0 aromatic rings. The van der Waals surface area contributed by atoms with Crippen molar-refractivity contribution in [2.24, 2.45) is 0 Å². The third-order valence-corrected chi connectivity index (χ3v) is 6.14. The van der Waals surface area contributed by atoms with E-state index in [-0.39, 0.29) is 30.5 Å². The molecule has 0 spiro atoms. The maximum atomic E-state index is 10.4. The molecule has 3 fully saturated rings. The van der Waals surface area contributed by atoms with E-state index in [2.05, 4.69) is 6.92 Å². The van der Waals surface area contributed by atoms with E-state index in [0.717, 1.165) is 45.1 Å². The summed E-state index contributed by atoms with van der Waals surface area (Å²) in [6.45, 7) is 3.12. The molecule has 25 heavy (non-hydrogen) atoms. The minimum atomic E-state index is -0.297. The van der Waals surface area contributed by atoms with E-state index in [0.29, 0.717) is 6.10 Å². The van der Waals surface area contributed by atoms with Crippen LogP contribution in [0.5, 0.6) is 0 Å². The SMILES string of the molecule is CCCCCCCCCCC(O)[C@H]1CC[C@H]([C@H]2CC[C@H]([C@H]3CO3)O2)O1. The maximum absolute atomic E-state index is 10.4. The summed E-state index contributed by atoms with van der Waals surface area (Å²) in [4.78, 5) is 0. The molecule has 3 saturated heterocycles. The minimum Gasteiger partial charge on any atom is -0.390 e. The van der Waals surface area contributed by atoms with Crippen LogP contribution < -0.4 is 0 Å². The Balaban J connectivity index is 1.23. The van der Waals surface area contributed by atoms with Crippen molar-refractivity contribution in [2.75, 3.05) is 6.61 Å². The van der Waals surface area contributed by atoms with Gasteiger partial charge >= 0.3 is 0 Å². The van der Waals surface area contributed by atoms with Crippen LogP contribution in [-0.4, -0.2) is 48.3 Å². The summed E-state index contributed by atoms with van der Waals surface area (Å²) < 4.78 is 17.6. The normalized spacial score (nSPS) is 36.0. The number of ether oxygens (including phenoxy) is 3. The quantitative estimate of drug-likeness (QED) is 0.418. The van der Waals surface area contributed by atoms with Gasteiger partial charge in [0.2, 0.25) is 0 Å². The summed E-state index contributed by atoms with van der Waals surface area (Å²) in [5.74, 6) is 0. The summed E-state index contributed by atoms with van der Waals surface area (Å²) >= 11 is 0. The Kier molecular flexibility index (Phi) is 8.03. The molecule has 1 N–H and O–H groups in total. The van der Waals surface area contributed by atoms with Crippen molar-refractivity contribution < 1.29 is 19.3 Å². The largest absolute Gasteiger partial charge is 0.390 e. The first kappa shape index (κ1) is 19.6. The Morgan fingerprint density at radius 2 is 1.32 bits per heavy atom. The van der Waals surface area contributed by atoms with Crippen molar-refractivity contribution in [3.05, 3.63) is 0 Å². The Morgan fingerprint density at radius 1 is 0.760 bits per heavy atom. The molecule has 146 valence electrons. The molecule has 4 heteroatoms. The van der Waals surface area contributed by atoms with Gasteiger partial charge in [0.25, 0.3) is 0 Å². The Bertz CT molecular complexity index is 371. The van der Waals surface area contributed by atoms with E-state index in [1.165, 1.54) is 44.9 Å². The highest BCUT2D eigenvalue weighted by Crippen LogP contribution is 2.36. The molecule has 3 rings (SSSR count). The smallest absolute Gasteiger partial charge is 0.107 e. The third-order valence-electron chi connectivity index (χ3n) is 6.14. The van der Waals surface area contributed by atoms with E-state index < -0.39 is 0 Å². The molecule has 0 aliphatic carbocycles. The van der Waals surface area contributed by atoms with E-state index in [9.17, 15) is 5.11 Å². The second kappa shape index (κ2) is 10.2. The van der Waals surface area contributed by atoms with Crippen LogP contribution in [-0.2, 0) is 14.2 Å². The zero-order chi connectivity index (χ0) is 17.5. The van der Waals surface area contributed by atoms with Gasteiger partial charge in [0, 0.05) is 0 Å². The Hall–Kier alpha value is -0.160. The second-order valence-corrected chi connectivity index (χ2v) is 8.28. The van der Waals surface area contributed by atoms with Crippen LogP contribution in [0.4, 0.5) is 0 Å². The highest BCUT2D eigenvalue weighted by molar-refractivity contribution is 4.91. The van der Waals surface area contributed by atoms with Gasteiger partial charge in [0.15, 0.2) is 0 Å². The molecular weight excluding hydrogens is 316 g/mol. The monoisotopic (exact) mass is 354 g/mol. The number of hydrogen-bond acceptors (Lipinski definition) is 4. The molecular formula is C21H38O4. The molecule has 0 bridgehead atoms. The van der Waals surface area contributed by atoms with Crippen molar-refractivity contribution in [2.45, 2.75) is 127 Å². The fourth-order valence-corrected chi connectivity index (χ4v) is 4.43. The van der Waals surface area contributed by atoms with Crippen molar-refractivity contribution in [3.8, 4) is 0 Å². The molecule has 0 aromatic carbocycles. The zero-order valence-electron chi connectivity index (χ0n) is 16.0. The molecule has 0 saturated carbocycles. The fourth-order valence-electron chi connectivity index (χ4n) is 4.43. The van der Waals surface area contributed by atoms with Crippen LogP contribution in [0.25, 0.3) is 0 Å². The van der Waals surface area contributed by atoms with Crippen LogP contribution in [0, 0.1) is 0 Å². The van der Waals surface area contributed by atoms with Crippen LogP contribution in [0.2, 0.25) is 0 Å². The highest BCUT2D eigenvalue weighted by Gasteiger charge is 2.44. The van der Waals surface area contributed by atoms with Crippen molar-refractivity contribution in [1.29, 1.82) is 0 Å². The average molecular weight is 355 g/mol. The summed E-state index contributed by atoms with van der Waals surface area (Å²) in [5.41, 5.74) is 0. The summed E-state index contributed by atoms with van der Waals surface area (Å²) in [7, 11) is 0. The average Bonchev–Trinajstić information content (AvgIpc) is 3.15. The molecule has 0 radical (unpaired) electrons. The van der Waals surface area contributed by atoms with Gasteiger partial charge in [-0.15, -0.1) is 0 Å². The van der Waals surface area contributed by atoms with Gasteiger partial charge in [0.05, 0.1) is 37.1 Å². The standard InChI is InChI=1S/C21H38O4/c1-2-3-4-5-6-7-8-9-10-16(22)17-11-12-18(24-17)19-13-14-20(25-19)21-15-23-21/h16-22H,2-15H2,1H3/t16?,17-,18-,19-,20-,21-/m1/s1. The van der Waals surface area contributed by atoms with Gasteiger partial charge in [-0.1, -0.05) is 58.3 Å². The topological polar surface area (TPSA) is 51.2 Å². The van der Waals surface area contributed by atoms with Crippen LogP contribution >= 0.6 is 0 Å². The number of unbranched alkanes of at least 4 members (excludes halogenated alkanes) is 7. The van der Waals surface area contributed by atoms with Gasteiger partial charge in [-0.2, -0.15) is 0 Å². The minimum absolute atomic E-state index is 0.0226. The highest BCUT2D eigenvalue weighted by atomic mass is 16.6. The molecule has 3 aliphatic rings. The third kappa shape index (κ3) is 6.20. The van der Waals surface area contributed by atoms with Crippen molar-refractivity contribution >= 4 is 0 Å². The lowest BCUT2D eigenvalue weighted by Gasteiger charge is -2.22. The fraction of sp³-hybridized carbons (Fsp3) is 1.00. The molecule has 4 nitrogen and oxygen atoms in total. The molecule has 1 unspecified atom stereocenters. The van der Waals surface area contributed by atoms with Gasteiger partial charge in [-0.25, -0.2) is 0 Å². The molecule has 0 aromatic heterocycles. The Morgan fingerprint density at radius 3 is 2.00 bits per heavy atom. The van der Waals surface area contributed by atoms with Gasteiger partial charge in [0.1, 0.15) is 6.10 Å². The maximum Gasteiger partial charge on any atom is 0.107 e. The number of rotatable bonds is 12. The van der Waals surface area contributed by atoms with E-state index in [1.807, 2.05) is 0 Å². The second-order valence-electron chi connectivity index (χ2n) is 8.28. The molecule has 6 atom stereocenters. The first-order valence-corrected chi connectivity index (χ1v) is 10.9.